The summed E-state index contributed by atoms with van der Waals surface area (Å²) >= 11 is 0. The molecule has 1 heterocycles. The van der Waals surface area contributed by atoms with Gasteiger partial charge in [-0.3, -0.25) is 4.79 Å². The molecule has 0 spiro atoms. The van der Waals surface area contributed by atoms with Gasteiger partial charge in [0, 0.05) is 18.2 Å². The molecule has 1 fully saturated rings. The molecular weight excluding hydrogens is 315 g/mol. The van der Waals surface area contributed by atoms with Crippen molar-refractivity contribution >= 4 is 5.91 Å². The number of hydrogen-bond acceptors (Lipinski definition) is 2. The van der Waals surface area contributed by atoms with E-state index in [1.165, 1.54) is 29.8 Å². The van der Waals surface area contributed by atoms with Gasteiger partial charge < -0.3 is 10.2 Å². The van der Waals surface area contributed by atoms with Gasteiger partial charge in [0.2, 0.25) is 0 Å². The topological polar surface area (TPSA) is 32.3 Å². The zero-order chi connectivity index (χ0) is 17.5. The molecule has 0 bridgehead atoms. The third-order valence-electron chi connectivity index (χ3n) is 4.73. The van der Waals surface area contributed by atoms with Crippen LogP contribution >= 0.6 is 0 Å². The number of halogens is 1. The molecule has 1 aliphatic rings. The summed E-state index contributed by atoms with van der Waals surface area (Å²) in [5.41, 5.74) is 1.89. The average Bonchev–Trinajstić information content (AvgIpc) is 2.63. The Morgan fingerprint density at radius 2 is 1.88 bits per heavy atom. The Morgan fingerprint density at radius 1 is 1.12 bits per heavy atom. The maximum atomic E-state index is 13.0. The van der Waals surface area contributed by atoms with E-state index in [1.807, 2.05) is 6.07 Å². The van der Waals surface area contributed by atoms with Crippen LogP contribution in [0.15, 0.2) is 54.6 Å². The molecule has 1 amide bonds. The number of likely N-dealkylation sites (tertiary alicyclic amines) is 1. The SMILES string of the molecule is O=C(NC1CCCN(CCCc2ccccc2)C1)c1ccc(F)cc1. The quantitative estimate of drug-likeness (QED) is 0.870. The summed E-state index contributed by atoms with van der Waals surface area (Å²) in [6, 6.07) is 16.4. The second-order valence-electron chi connectivity index (χ2n) is 6.71. The summed E-state index contributed by atoms with van der Waals surface area (Å²) in [4.78, 5) is 14.7. The highest BCUT2D eigenvalue weighted by Gasteiger charge is 2.21. The van der Waals surface area contributed by atoms with Crippen molar-refractivity contribution in [3.8, 4) is 0 Å². The smallest absolute Gasteiger partial charge is 0.251 e. The van der Waals surface area contributed by atoms with Gasteiger partial charge in [0.1, 0.15) is 5.82 Å². The van der Waals surface area contributed by atoms with E-state index in [0.29, 0.717) is 5.56 Å². The van der Waals surface area contributed by atoms with Gasteiger partial charge in [-0.25, -0.2) is 4.39 Å². The molecule has 0 aromatic heterocycles. The predicted octanol–water partition coefficient (Wildman–Crippen LogP) is 3.65. The summed E-state index contributed by atoms with van der Waals surface area (Å²) in [5, 5.41) is 3.09. The third kappa shape index (κ3) is 5.40. The molecule has 4 heteroatoms. The Morgan fingerprint density at radius 3 is 2.64 bits per heavy atom. The van der Waals surface area contributed by atoms with E-state index in [1.54, 1.807) is 0 Å². The van der Waals surface area contributed by atoms with Crippen LogP contribution in [0.1, 0.15) is 35.2 Å². The van der Waals surface area contributed by atoms with E-state index in [2.05, 4.69) is 34.5 Å². The first kappa shape index (κ1) is 17.6. The largest absolute Gasteiger partial charge is 0.348 e. The van der Waals surface area contributed by atoms with Crippen molar-refractivity contribution in [2.24, 2.45) is 0 Å². The molecular formula is C21H25FN2O. The minimum absolute atomic E-state index is 0.115. The van der Waals surface area contributed by atoms with Crippen molar-refractivity contribution in [3.63, 3.8) is 0 Å². The molecule has 3 rings (SSSR count). The van der Waals surface area contributed by atoms with Crippen molar-refractivity contribution < 1.29 is 9.18 Å². The van der Waals surface area contributed by atoms with Crippen LogP contribution in [0.25, 0.3) is 0 Å². The minimum atomic E-state index is -0.321. The Kier molecular flexibility index (Phi) is 6.18. The molecule has 1 atom stereocenters. The number of rotatable bonds is 6. The monoisotopic (exact) mass is 340 g/mol. The van der Waals surface area contributed by atoms with Gasteiger partial charge in [0.25, 0.3) is 5.91 Å². The fourth-order valence-electron chi connectivity index (χ4n) is 3.40. The summed E-state index contributed by atoms with van der Waals surface area (Å²) in [7, 11) is 0. The number of piperidine rings is 1. The summed E-state index contributed by atoms with van der Waals surface area (Å²) in [6.45, 7) is 3.04. The Labute approximate surface area is 148 Å². The predicted molar refractivity (Wildman–Crippen MR) is 98.1 cm³/mol. The van der Waals surface area contributed by atoms with Gasteiger partial charge in [-0.15, -0.1) is 0 Å². The number of benzene rings is 2. The lowest BCUT2D eigenvalue weighted by Gasteiger charge is -2.33. The lowest BCUT2D eigenvalue weighted by molar-refractivity contribution is 0.0903. The molecule has 1 unspecified atom stereocenters. The van der Waals surface area contributed by atoms with Crippen LogP contribution in [0.4, 0.5) is 4.39 Å². The first-order chi connectivity index (χ1) is 12.2. The first-order valence-corrected chi connectivity index (χ1v) is 9.03. The zero-order valence-corrected chi connectivity index (χ0v) is 14.5. The maximum absolute atomic E-state index is 13.0. The molecule has 2 aromatic carbocycles. The van der Waals surface area contributed by atoms with Crippen molar-refractivity contribution in [1.82, 2.24) is 10.2 Å². The first-order valence-electron chi connectivity index (χ1n) is 9.03. The molecule has 0 aliphatic carbocycles. The summed E-state index contributed by atoms with van der Waals surface area (Å²) in [6.07, 6.45) is 4.31. The van der Waals surface area contributed by atoms with Crippen LogP contribution < -0.4 is 5.32 Å². The second kappa shape index (κ2) is 8.77. The van der Waals surface area contributed by atoms with Crippen LogP contribution in [-0.2, 0) is 6.42 Å². The van der Waals surface area contributed by atoms with Gasteiger partial charge in [0.15, 0.2) is 0 Å². The Bertz CT molecular complexity index is 672. The Hall–Kier alpha value is -2.20. The zero-order valence-electron chi connectivity index (χ0n) is 14.5. The summed E-state index contributed by atoms with van der Waals surface area (Å²) < 4.78 is 13.0. The van der Waals surface area contributed by atoms with Crippen LogP contribution in [0.3, 0.4) is 0 Å². The molecule has 2 aromatic rings. The van der Waals surface area contributed by atoms with Crippen molar-refractivity contribution in [2.75, 3.05) is 19.6 Å². The van der Waals surface area contributed by atoms with E-state index in [9.17, 15) is 9.18 Å². The van der Waals surface area contributed by atoms with E-state index in [0.717, 1.165) is 45.3 Å². The van der Waals surface area contributed by atoms with E-state index in [-0.39, 0.29) is 17.8 Å². The second-order valence-corrected chi connectivity index (χ2v) is 6.71. The molecule has 1 saturated heterocycles. The van der Waals surface area contributed by atoms with Crippen LogP contribution in [-0.4, -0.2) is 36.5 Å². The molecule has 132 valence electrons. The highest BCUT2D eigenvalue weighted by atomic mass is 19.1. The lowest BCUT2D eigenvalue weighted by atomic mass is 10.0. The van der Waals surface area contributed by atoms with Crippen LogP contribution in [0, 0.1) is 5.82 Å². The Balaban J connectivity index is 1.44. The van der Waals surface area contributed by atoms with E-state index >= 15 is 0 Å². The molecule has 0 saturated carbocycles. The number of nitrogens with zero attached hydrogens (tertiary/aromatic N) is 1. The summed E-state index contributed by atoms with van der Waals surface area (Å²) in [5.74, 6) is -0.435. The number of hydrogen-bond donors (Lipinski definition) is 1. The molecule has 1 aliphatic heterocycles. The highest BCUT2D eigenvalue weighted by molar-refractivity contribution is 5.94. The standard InChI is InChI=1S/C21H25FN2O/c22-19-12-10-18(11-13-19)21(25)23-20-9-5-15-24(16-20)14-4-8-17-6-2-1-3-7-17/h1-3,6-7,10-13,20H,4-5,8-9,14-16H2,(H,23,25). The van der Waals surface area contributed by atoms with Crippen LogP contribution in [0.5, 0.6) is 0 Å². The third-order valence-corrected chi connectivity index (χ3v) is 4.73. The maximum Gasteiger partial charge on any atom is 0.251 e. The van der Waals surface area contributed by atoms with Gasteiger partial charge in [-0.1, -0.05) is 30.3 Å². The van der Waals surface area contributed by atoms with Gasteiger partial charge in [-0.05, 0) is 68.6 Å². The molecule has 25 heavy (non-hydrogen) atoms. The number of carbonyl (C=O) groups excluding carboxylic acids is 1. The number of nitrogens with one attached hydrogen (secondary N) is 1. The number of carbonyl (C=O) groups is 1. The normalized spacial score (nSPS) is 18.0. The number of amides is 1. The van der Waals surface area contributed by atoms with Crippen molar-refractivity contribution in [3.05, 3.63) is 71.5 Å². The van der Waals surface area contributed by atoms with Gasteiger partial charge in [0.05, 0.1) is 0 Å². The fraction of sp³-hybridized carbons (Fsp3) is 0.381. The molecule has 0 radical (unpaired) electrons. The highest BCUT2D eigenvalue weighted by Crippen LogP contribution is 2.13. The molecule has 1 N–H and O–H groups in total. The van der Waals surface area contributed by atoms with E-state index < -0.39 is 0 Å². The number of aryl methyl sites for hydroxylation is 1. The van der Waals surface area contributed by atoms with Gasteiger partial charge >= 0.3 is 0 Å². The van der Waals surface area contributed by atoms with Crippen molar-refractivity contribution in [2.45, 2.75) is 31.7 Å². The van der Waals surface area contributed by atoms with Crippen molar-refractivity contribution in [1.29, 1.82) is 0 Å². The van der Waals surface area contributed by atoms with E-state index in [4.69, 9.17) is 0 Å². The molecule has 3 nitrogen and oxygen atoms in total. The van der Waals surface area contributed by atoms with Gasteiger partial charge in [-0.2, -0.15) is 0 Å². The lowest BCUT2D eigenvalue weighted by Crippen LogP contribution is -2.47. The minimum Gasteiger partial charge on any atom is -0.348 e. The average molecular weight is 340 g/mol. The van der Waals surface area contributed by atoms with Crippen LogP contribution in [0.2, 0.25) is 0 Å². The fourth-order valence-corrected chi connectivity index (χ4v) is 3.40.